The Hall–Kier alpha value is -2.37. The van der Waals surface area contributed by atoms with Crippen molar-refractivity contribution in [2.24, 2.45) is 0 Å². The fraction of sp³-hybridized carbons (Fsp3) is 0.357. The number of nitrogens with zero attached hydrogens (tertiary/aromatic N) is 1. The number of carbonyl (C=O) groups excluding carboxylic acids is 3. The number of likely N-dealkylation sites (N-methyl/N-ethyl adjacent to an activating group) is 1. The maximum absolute atomic E-state index is 12.1. The number of hydrogen-bond acceptors (Lipinski definition) is 4. The Balaban J connectivity index is 2.14. The van der Waals surface area contributed by atoms with Crippen LogP contribution in [0.4, 0.5) is 0 Å². The minimum absolute atomic E-state index is 0.0994. The molecule has 6 nitrogen and oxygen atoms in total. The Kier molecular flexibility index (Phi) is 3.74. The number of hydrogen-bond donors (Lipinski definition) is 2. The highest BCUT2D eigenvalue weighted by atomic mass is 16.3. The van der Waals surface area contributed by atoms with Crippen LogP contribution in [-0.2, 0) is 9.59 Å². The average molecular weight is 276 g/mol. The van der Waals surface area contributed by atoms with Crippen LogP contribution >= 0.6 is 0 Å². The summed E-state index contributed by atoms with van der Waals surface area (Å²) in [5.74, 6) is -1.30. The Morgan fingerprint density at radius 1 is 1.40 bits per heavy atom. The van der Waals surface area contributed by atoms with Crippen molar-refractivity contribution in [1.29, 1.82) is 0 Å². The number of phenols is 1. The average Bonchev–Trinajstić information content (AvgIpc) is 2.42. The molecular weight excluding hydrogens is 260 g/mol. The number of phenolic OH excluding ortho intramolecular Hbond substituents is 1. The van der Waals surface area contributed by atoms with Gasteiger partial charge in [-0.05, 0) is 25.0 Å². The predicted octanol–water partition coefficient (Wildman–Crippen LogP) is 0.578. The number of imide groups is 1. The summed E-state index contributed by atoms with van der Waals surface area (Å²) >= 11 is 0. The van der Waals surface area contributed by atoms with Crippen molar-refractivity contribution in [1.82, 2.24) is 10.2 Å². The minimum atomic E-state index is -0.731. The number of rotatable bonds is 2. The van der Waals surface area contributed by atoms with Crippen molar-refractivity contribution >= 4 is 17.7 Å². The molecule has 1 aromatic carbocycles. The molecule has 1 heterocycles. The normalized spacial score (nSPS) is 19.1. The number of piperidine rings is 1. The van der Waals surface area contributed by atoms with Gasteiger partial charge in [0.15, 0.2) is 0 Å². The molecule has 106 valence electrons. The second kappa shape index (κ2) is 5.32. The summed E-state index contributed by atoms with van der Waals surface area (Å²) in [4.78, 5) is 36.4. The standard InChI is InChI=1S/C14H16N2O4/c1-8-4-3-5-9(12(8)18)13(19)15-10-6-7-11(17)16(2)14(10)20/h3-5,10,18H,6-7H2,1-2H3,(H,15,19). The van der Waals surface area contributed by atoms with Crippen LogP contribution in [0.15, 0.2) is 18.2 Å². The largest absolute Gasteiger partial charge is 0.507 e. The first-order chi connectivity index (χ1) is 9.41. The highest BCUT2D eigenvalue weighted by Crippen LogP contribution is 2.22. The molecule has 0 aromatic heterocycles. The van der Waals surface area contributed by atoms with E-state index in [2.05, 4.69) is 5.32 Å². The number of carbonyl (C=O) groups is 3. The molecule has 20 heavy (non-hydrogen) atoms. The van der Waals surface area contributed by atoms with E-state index < -0.39 is 17.9 Å². The van der Waals surface area contributed by atoms with E-state index in [-0.39, 0.29) is 30.1 Å². The monoisotopic (exact) mass is 276 g/mol. The van der Waals surface area contributed by atoms with Crippen molar-refractivity contribution in [2.75, 3.05) is 7.05 Å². The minimum Gasteiger partial charge on any atom is -0.507 e. The van der Waals surface area contributed by atoms with Crippen LogP contribution in [0.2, 0.25) is 0 Å². The molecule has 1 aliphatic rings. The summed E-state index contributed by atoms with van der Waals surface area (Å²) in [5, 5.41) is 12.4. The van der Waals surface area contributed by atoms with Crippen LogP contribution in [-0.4, -0.2) is 40.8 Å². The van der Waals surface area contributed by atoms with Crippen LogP contribution in [0.25, 0.3) is 0 Å². The maximum Gasteiger partial charge on any atom is 0.255 e. The SMILES string of the molecule is Cc1cccc(C(=O)NC2CCC(=O)N(C)C2=O)c1O. The molecular formula is C14H16N2O4. The molecule has 6 heteroatoms. The molecule has 1 atom stereocenters. The van der Waals surface area contributed by atoms with Gasteiger partial charge in [-0.1, -0.05) is 12.1 Å². The van der Waals surface area contributed by atoms with E-state index in [4.69, 9.17) is 0 Å². The van der Waals surface area contributed by atoms with Crippen LogP contribution in [0.1, 0.15) is 28.8 Å². The van der Waals surface area contributed by atoms with Gasteiger partial charge in [0.2, 0.25) is 5.91 Å². The second-order valence-electron chi connectivity index (χ2n) is 4.83. The van der Waals surface area contributed by atoms with Gasteiger partial charge in [-0.25, -0.2) is 0 Å². The van der Waals surface area contributed by atoms with E-state index in [0.29, 0.717) is 5.56 Å². The van der Waals surface area contributed by atoms with Crippen LogP contribution < -0.4 is 5.32 Å². The quantitative estimate of drug-likeness (QED) is 0.773. The molecule has 0 bridgehead atoms. The van der Waals surface area contributed by atoms with Gasteiger partial charge in [0.25, 0.3) is 11.8 Å². The predicted molar refractivity (Wildman–Crippen MR) is 71.1 cm³/mol. The smallest absolute Gasteiger partial charge is 0.255 e. The number of aromatic hydroxyl groups is 1. The zero-order valence-electron chi connectivity index (χ0n) is 11.3. The van der Waals surface area contributed by atoms with E-state index in [1.54, 1.807) is 19.1 Å². The topological polar surface area (TPSA) is 86.7 Å². The summed E-state index contributed by atoms with van der Waals surface area (Å²) in [6.07, 6.45) is 0.493. The third-order valence-corrected chi connectivity index (χ3v) is 3.44. The van der Waals surface area contributed by atoms with E-state index in [9.17, 15) is 19.5 Å². The van der Waals surface area contributed by atoms with Gasteiger partial charge >= 0.3 is 0 Å². The molecule has 0 aliphatic carbocycles. The highest BCUT2D eigenvalue weighted by molar-refractivity contribution is 6.04. The molecule has 1 unspecified atom stereocenters. The first-order valence-corrected chi connectivity index (χ1v) is 6.31. The first-order valence-electron chi connectivity index (χ1n) is 6.31. The number of aryl methyl sites for hydroxylation is 1. The van der Waals surface area contributed by atoms with Gasteiger partial charge in [-0.15, -0.1) is 0 Å². The third-order valence-electron chi connectivity index (χ3n) is 3.44. The first kappa shape index (κ1) is 14.0. The number of nitrogens with one attached hydrogen (secondary N) is 1. The number of likely N-dealkylation sites (tertiary alicyclic amines) is 1. The lowest BCUT2D eigenvalue weighted by atomic mass is 10.0. The molecule has 0 radical (unpaired) electrons. The fourth-order valence-corrected chi connectivity index (χ4v) is 2.13. The Morgan fingerprint density at radius 2 is 2.10 bits per heavy atom. The lowest BCUT2D eigenvalue weighted by molar-refractivity contribution is -0.147. The molecule has 1 aromatic rings. The molecule has 1 aliphatic heterocycles. The number of para-hydroxylation sites is 1. The Morgan fingerprint density at radius 3 is 2.80 bits per heavy atom. The van der Waals surface area contributed by atoms with Gasteiger partial charge in [0.1, 0.15) is 11.8 Å². The Labute approximate surface area is 116 Å². The van der Waals surface area contributed by atoms with Crippen molar-refractivity contribution in [3.05, 3.63) is 29.3 Å². The lowest BCUT2D eigenvalue weighted by Gasteiger charge is -2.28. The van der Waals surface area contributed by atoms with E-state index in [1.807, 2.05) is 0 Å². The van der Waals surface area contributed by atoms with Crippen LogP contribution in [0.3, 0.4) is 0 Å². The van der Waals surface area contributed by atoms with Gasteiger partial charge in [-0.3, -0.25) is 19.3 Å². The van der Waals surface area contributed by atoms with Crippen molar-refractivity contribution in [3.63, 3.8) is 0 Å². The molecule has 1 saturated heterocycles. The molecule has 2 rings (SSSR count). The summed E-state index contributed by atoms with van der Waals surface area (Å²) in [7, 11) is 1.40. The van der Waals surface area contributed by atoms with Crippen LogP contribution in [0, 0.1) is 6.92 Å². The van der Waals surface area contributed by atoms with E-state index >= 15 is 0 Å². The van der Waals surface area contributed by atoms with E-state index in [1.165, 1.54) is 13.1 Å². The number of benzene rings is 1. The second-order valence-corrected chi connectivity index (χ2v) is 4.83. The van der Waals surface area contributed by atoms with Gasteiger partial charge in [-0.2, -0.15) is 0 Å². The fourth-order valence-electron chi connectivity index (χ4n) is 2.13. The Bertz CT molecular complexity index is 583. The highest BCUT2D eigenvalue weighted by Gasteiger charge is 2.33. The zero-order valence-corrected chi connectivity index (χ0v) is 11.3. The lowest BCUT2D eigenvalue weighted by Crippen LogP contribution is -2.52. The number of amides is 3. The molecule has 0 spiro atoms. The van der Waals surface area contributed by atoms with Crippen molar-refractivity contribution in [3.8, 4) is 5.75 Å². The molecule has 2 N–H and O–H groups in total. The molecule has 3 amide bonds. The van der Waals surface area contributed by atoms with Crippen molar-refractivity contribution in [2.45, 2.75) is 25.8 Å². The van der Waals surface area contributed by atoms with Gasteiger partial charge < -0.3 is 10.4 Å². The molecule has 0 saturated carbocycles. The van der Waals surface area contributed by atoms with Gasteiger partial charge in [0.05, 0.1) is 5.56 Å². The van der Waals surface area contributed by atoms with Gasteiger partial charge in [0, 0.05) is 13.5 Å². The molecule has 1 fully saturated rings. The summed E-state index contributed by atoms with van der Waals surface area (Å²) in [6, 6.07) is 4.09. The van der Waals surface area contributed by atoms with Crippen molar-refractivity contribution < 1.29 is 19.5 Å². The summed E-state index contributed by atoms with van der Waals surface area (Å²) in [5.41, 5.74) is 0.706. The van der Waals surface area contributed by atoms with E-state index in [0.717, 1.165) is 4.90 Å². The summed E-state index contributed by atoms with van der Waals surface area (Å²) < 4.78 is 0. The third kappa shape index (κ3) is 2.49. The maximum atomic E-state index is 12.1. The van der Waals surface area contributed by atoms with Crippen LogP contribution in [0.5, 0.6) is 5.75 Å². The summed E-state index contributed by atoms with van der Waals surface area (Å²) in [6.45, 7) is 1.68. The zero-order chi connectivity index (χ0) is 14.9.